The maximum Gasteiger partial charge on any atom is 0.242 e. The number of likely N-dealkylation sites (N-methyl/N-ethyl adjacent to an activating group) is 1. The molecule has 0 bridgehead atoms. The summed E-state index contributed by atoms with van der Waals surface area (Å²) in [4.78, 5) is 11.2. The Labute approximate surface area is 150 Å². The number of carbonyl (C=O) groups is 1. The van der Waals surface area contributed by atoms with Crippen LogP contribution in [-0.2, 0) is 14.8 Å². The summed E-state index contributed by atoms with van der Waals surface area (Å²) in [5.41, 5.74) is 0.763. The maximum absolute atomic E-state index is 12.6. The molecule has 0 unspecified atom stereocenters. The number of carbonyl (C=O) groups excluding carboxylic acids is 1. The fourth-order valence-electron chi connectivity index (χ4n) is 2.41. The van der Waals surface area contributed by atoms with Crippen LogP contribution >= 0.6 is 15.9 Å². The molecule has 24 heavy (non-hydrogen) atoms. The van der Waals surface area contributed by atoms with Gasteiger partial charge in [-0.2, -0.15) is 0 Å². The number of hydrogen-bond acceptors (Lipinski definition) is 4. The average molecular weight is 411 g/mol. The Balaban J connectivity index is 2.24. The molecule has 2 aromatic rings. The van der Waals surface area contributed by atoms with Crippen LogP contribution in [-0.4, -0.2) is 32.3 Å². The summed E-state index contributed by atoms with van der Waals surface area (Å²) in [6, 6.07) is 15.3. The van der Waals surface area contributed by atoms with Gasteiger partial charge in [-0.1, -0.05) is 46.3 Å². The largest absolute Gasteiger partial charge is 0.550 e. The number of sulfonamides is 1. The van der Waals surface area contributed by atoms with Gasteiger partial charge < -0.3 is 9.90 Å². The average Bonchev–Trinajstić information content (AvgIpc) is 2.55. The van der Waals surface area contributed by atoms with Crippen LogP contribution in [0, 0.1) is 0 Å². The predicted octanol–water partition coefficient (Wildman–Crippen LogP) is 1.99. The fraction of sp³-hybridized carbons (Fsp3) is 0.235. The van der Waals surface area contributed by atoms with E-state index >= 15 is 0 Å². The van der Waals surface area contributed by atoms with E-state index in [9.17, 15) is 18.3 Å². The molecular formula is C17H17BrNO4S-. The minimum absolute atomic E-state index is 0.0520. The molecule has 0 aliphatic rings. The molecule has 7 heteroatoms. The van der Waals surface area contributed by atoms with Crippen molar-refractivity contribution in [3.05, 3.63) is 64.6 Å². The minimum atomic E-state index is -3.70. The highest BCUT2D eigenvalue weighted by atomic mass is 79.9. The van der Waals surface area contributed by atoms with Crippen LogP contribution < -0.4 is 5.11 Å². The van der Waals surface area contributed by atoms with Crippen LogP contribution in [0.5, 0.6) is 0 Å². The Morgan fingerprint density at radius 2 is 1.71 bits per heavy atom. The normalized spacial score (nSPS) is 13.0. The molecule has 0 saturated heterocycles. The van der Waals surface area contributed by atoms with Crippen molar-refractivity contribution < 1.29 is 18.3 Å². The van der Waals surface area contributed by atoms with Crippen molar-refractivity contribution in [2.75, 3.05) is 13.6 Å². The first-order chi connectivity index (χ1) is 11.3. The molecule has 0 saturated carbocycles. The van der Waals surface area contributed by atoms with E-state index in [1.165, 1.54) is 23.5 Å². The number of halogens is 1. The lowest BCUT2D eigenvalue weighted by Crippen LogP contribution is -2.34. The summed E-state index contributed by atoms with van der Waals surface area (Å²) >= 11 is 3.27. The number of benzene rings is 2. The Hall–Kier alpha value is -1.70. The number of aliphatic carboxylic acids is 1. The Morgan fingerprint density at radius 1 is 1.12 bits per heavy atom. The molecule has 0 amide bonds. The lowest BCUT2D eigenvalue weighted by molar-refractivity contribution is -0.306. The van der Waals surface area contributed by atoms with E-state index in [0.717, 1.165) is 10.0 Å². The molecule has 0 radical (unpaired) electrons. The third kappa shape index (κ3) is 4.66. The van der Waals surface area contributed by atoms with Crippen LogP contribution in [0.25, 0.3) is 0 Å². The predicted molar refractivity (Wildman–Crippen MR) is 92.8 cm³/mol. The monoisotopic (exact) mass is 410 g/mol. The van der Waals surface area contributed by atoms with E-state index in [4.69, 9.17) is 0 Å². The zero-order valence-electron chi connectivity index (χ0n) is 13.1. The van der Waals surface area contributed by atoms with E-state index in [1.54, 1.807) is 36.4 Å². The van der Waals surface area contributed by atoms with Crippen LogP contribution in [0.1, 0.15) is 17.9 Å². The molecule has 0 aliphatic carbocycles. The fourth-order valence-corrected chi connectivity index (χ4v) is 3.89. The number of rotatable bonds is 7. The lowest BCUT2D eigenvalue weighted by atomic mass is 9.96. The van der Waals surface area contributed by atoms with Crippen molar-refractivity contribution in [2.45, 2.75) is 17.2 Å². The second-order valence-corrected chi connectivity index (χ2v) is 8.38. The molecule has 0 aromatic heterocycles. The molecular weight excluding hydrogens is 394 g/mol. The Morgan fingerprint density at radius 3 is 2.25 bits per heavy atom. The molecule has 5 nitrogen and oxygen atoms in total. The summed E-state index contributed by atoms with van der Waals surface area (Å²) in [5.74, 6) is -1.69. The summed E-state index contributed by atoms with van der Waals surface area (Å²) in [7, 11) is -2.25. The van der Waals surface area contributed by atoms with Gasteiger partial charge in [0.15, 0.2) is 0 Å². The van der Waals surface area contributed by atoms with E-state index < -0.39 is 21.9 Å². The van der Waals surface area contributed by atoms with Crippen LogP contribution in [0.3, 0.4) is 0 Å². The van der Waals surface area contributed by atoms with Gasteiger partial charge in [0.1, 0.15) is 0 Å². The number of hydrogen-bond donors (Lipinski definition) is 0. The Bertz CT molecular complexity index is 791. The lowest BCUT2D eigenvalue weighted by Gasteiger charge is -2.24. The number of carboxylic acid groups (broad SMARTS) is 1. The molecule has 0 heterocycles. The molecule has 0 spiro atoms. The quantitative estimate of drug-likeness (QED) is 0.698. The second-order valence-electron chi connectivity index (χ2n) is 5.42. The molecule has 2 aromatic carbocycles. The summed E-state index contributed by atoms with van der Waals surface area (Å²) in [5, 5.41) is 11.0. The molecule has 0 aliphatic heterocycles. The molecule has 0 N–H and O–H groups in total. The van der Waals surface area contributed by atoms with Crippen molar-refractivity contribution in [1.82, 2.24) is 4.31 Å². The van der Waals surface area contributed by atoms with Gasteiger partial charge in [-0.15, -0.1) is 0 Å². The summed E-state index contributed by atoms with van der Waals surface area (Å²) in [6.45, 7) is 0.0520. The van der Waals surface area contributed by atoms with E-state index in [2.05, 4.69) is 15.9 Å². The highest BCUT2D eigenvalue weighted by molar-refractivity contribution is 9.10. The van der Waals surface area contributed by atoms with Gasteiger partial charge in [0.2, 0.25) is 10.0 Å². The third-order valence-corrected chi connectivity index (χ3v) is 6.05. The van der Waals surface area contributed by atoms with Crippen LogP contribution in [0.4, 0.5) is 0 Å². The summed E-state index contributed by atoms with van der Waals surface area (Å²) < 4.78 is 27.2. The molecule has 2 rings (SSSR count). The van der Waals surface area contributed by atoms with Gasteiger partial charge in [-0.05, 0) is 36.2 Å². The highest BCUT2D eigenvalue weighted by Gasteiger charge is 2.24. The maximum atomic E-state index is 12.6. The molecule has 1 atom stereocenters. The SMILES string of the molecule is CN(C[C@@H](CC(=O)[O-])c1ccccc1)S(=O)(=O)c1ccc(Br)cc1. The molecule has 128 valence electrons. The number of nitrogens with zero attached hydrogens (tertiary/aromatic N) is 1. The zero-order valence-corrected chi connectivity index (χ0v) is 15.5. The number of carboxylic acids is 1. The van der Waals surface area contributed by atoms with Crippen molar-refractivity contribution in [3.63, 3.8) is 0 Å². The first kappa shape index (κ1) is 18.6. The zero-order chi connectivity index (χ0) is 17.7. The standard InChI is InChI=1S/C17H18BrNO4S/c1-19(24(22,23)16-9-7-15(18)8-10-16)12-14(11-17(20)21)13-5-3-2-4-6-13/h2-10,14H,11-12H2,1H3,(H,20,21)/p-1/t14-/m1/s1. The van der Waals surface area contributed by atoms with Gasteiger partial charge in [0, 0.05) is 30.0 Å². The first-order valence-electron chi connectivity index (χ1n) is 7.27. The third-order valence-electron chi connectivity index (χ3n) is 3.68. The van der Waals surface area contributed by atoms with Crippen LogP contribution in [0.2, 0.25) is 0 Å². The summed E-state index contributed by atoms with van der Waals surface area (Å²) in [6.07, 6.45) is -0.246. The Kier molecular flexibility index (Phi) is 6.15. The van der Waals surface area contributed by atoms with Gasteiger partial charge in [0.25, 0.3) is 0 Å². The van der Waals surface area contributed by atoms with Crippen molar-refractivity contribution >= 4 is 31.9 Å². The van der Waals surface area contributed by atoms with Crippen LogP contribution in [0.15, 0.2) is 64.0 Å². The van der Waals surface area contributed by atoms with Gasteiger partial charge in [0.05, 0.1) is 4.90 Å². The van der Waals surface area contributed by atoms with Crippen molar-refractivity contribution in [3.8, 4) is 0 Å². The first-order valence-corrected chi connectivity index (χ1v) is 9.50. The van der Waals surface area contributed by atoms with Crippen molar-refractivity contribution in [1.29, 1.82) is 0 Å². The molecule has 0 fully saturated rings. The van der Waals surface area contributed by atoms with E-state index in [1.807, 2.05) is 6.07 Å². The van der Waals surface area contributed by atoms with Gasteiger partial charge in [-0.3, -0.25) is 0 Å². The highest BCUT2D eigenvalue weighted by Crippen LogP contribution is 2.24. The van der Waals surface area contributed by atoms with E-state index in [0.29, 0.717) is 0 Å². The van der Waals surface area contributed by atoms with Gasteiger partial charge in [-0.25, -0.2) is 12.7 Å². The van der Waals surface area contributed by atoms with E-state index in [-0.39, 0.29) is 17.9 Å². The smallest absolute Gasteiger partial charge is 0.242 e. The van der Waals surface area contributed by atoms with Crippen molar-refractivity contribution in [2.24, 2.45) is 0 Å². The topological polar surface area (TPSA) is 77.5 Å². The second kappa shape index (κ2) is 7.92. The minimum Gasteiger partial charge on any atom is -0.550 e. The van der Waals surface area contributed by atoms with Gasteiger partial charge >= 0.3 is 0 Å².